The second kappa shape index (κ2) is 9.88. The summed E-state index contributed by atoms with van der Waals surface area (Å²) in [4.78, 5) is 23.8. The van der Waals surface area contributed by atoms with E-state index in [0.717, 1.165) is 5.69 Å². The number of anilines is 2. The summed E-state index contributed by atoms with van der Waals surface area (Å²) in [6.45, 7) is 6.57. The predicted molar refractivity (Wildman–Crippen MR) is 104 cm³/mol. The van der Waals surface area contributed by atoms with Crippen LogP contribution in [0, 0.1) is 0 Å². The van der Waals surface area contributed by atoms with E-state index in [2.05, 4.69) is 22.5 Å². The molecule has 0 atom stereocenters. The van der Waals surface area contributed by atoms with Crippen LogP contribution in [-0.4, -0.2) is 31.5 Å². The van der Waals surface area contributed by atoms with Gasteiger partial charge in [0.05, 0.1) is 6.54 Å². The highest BCUT2D eigenvalue weighted by atomic mass is 16.5. The van der Waals surface area contributed by atoms with Gasteiger partial charge in [0.1, 0.15) is 12.4 Å². The summed E-state index contributed by atoms with van der Waals surface area (Å²) in [5, 5.41) is 8.56. The van der Waals surface area contributed by atoms with Gasteiger partial charge in [-0.2, -0.15) is 0 Å². The van der Waals surface area contributed by atoms with Gasteiger partial charge < -0.3 is 20.7 Å². The van der Waals surface area contributed by atoms with Gasteiger partial charge in [-0.1, -0.05) is 18.7 Å². The molecule has 0 radical (unpaired) electrons. The molecule has 2 aromatic carbocycles. The number of ether oxygens (including phenoxy) is 1. The van der Waals surface area contributed by atoms with Crippen LogP contribution in [0.5, 0.6) is 5.75 Å². The molecule has 0 saturated carbocycles. The van der Waals surface area contributed by atoms with E-state index < -0.39 is 0 Å². The van der Waals surface area contributed by atoms with Crippen molar-refractivity contribution >= 4 is 23.2 Å². The van der Waals surface area contributed by atoms with E-state index in [1.54, 1.807) is 42.5 Å². The van der Waals surface area contributed by atoms with Crippen molar-refractivity contribution in [2.75, 3.05) is 30.3 Å². The lowest BCUT2D eigenvalue weighted by Gasteiger charge is -2.10. The Hall–Kier alpha value is -3.28. The highest BCUT2D eigenvalue weighted by molar-refractivity contribution is 5.95. The maximum absolute atomic E-state index is 12.1. The van der Waals surface area contributed by atoms with E-state index in [-0.39, 0.29) is 18.4 Å². The Kier molecular flexibility index (Phi) is 7.24. The summed E-state index contributed by atoms with van der Waals surface area (Å²) in [7, 11) is 0. The average molecular weight is 353 g/mol. The minimum atomic E-state index is -0.182. The standard InChI is InChI=1S/C20H23N3O3/c1-3-12-26-18-7-5-6-17(13-18)23-19(24)14-22-16-10-8-15(9-11-16)20(25)21-4-2/h3,5-11,13,22H,1,4,12,14H2,2H3,(H,21,25)(H,23,24). The van der Waals surface area contributed by atoms with Crippen LogP contribution in [0.2, 0.25) is 0 Å². The second-order valence-electron chi connectivity index (χ2n) is 5.47. The van der Waals surface area contributed by atoms with Crippen molar-refractivity contribution in [1.82, 2.24) is 5.32 Å². The van der Waals surface area contributed by atoms with E-state index in [0.29, 0.717) is 30.2 Å². The number of carbonyl (C=O) groups excluding carboxylic acids is 2. The van der Waals surface area contributed by atoms with Gasteiger partial charge >= 0.3 is 0 Å². The van der Waals surface area contributed by atoms with E-state index in [4.69, 9.17) is 4.74 Å². The first kappa shape index (κ1) is 19.1. The molecule has 0 aliphatic heterocycles. The first-order valence-electron chi connectivity index (χ1n) is 8.38. The zero-order valence-corrected chi connectivity index (χ0v) is 14.7. The molecule has 0 aliphatic rings. The van der Waals surface area contributed by atoms with E-state index in [9.17, 15) is 9.59 Å². The lowest BCUT2D eigenvalue weighted by Crippen LogP contribution is -2.23. The molecule has 0 aliphatic carbocycles. The predicted octanol–water partition coefficient (Wildman–Crippen LogP) is 3.05. The number of nitrogens with one attached hydrogen (secondary N) is 3. The summed E-state index contributed by atoms with van der Waals surface area (Å²) < 4.78 is 5.44. The van der Waals surface area contributed by atoms with Crippen molar-refractivity contribution in [2.45, 2.75) is 6.92 Å². The van der Waals surface area contributed by atoms with Gasteiger partial charge in [0, 0.05) is 29.5 Å². The van der Waals surface area contributed by atoms with Crippen LogP contribution in [0.3, 0.4) is 0 Å². The fraction of sp³-hybridized carbons (Fsp3) is 0.200. The number of carbonyl (C=O) groups is 2. The molecule has 2 amide bonds. The fourth-order valence-corrected chi connectivity index (χ4v) is 2.21. The topological polar surface area (TPSA) is 79.5 Å². The van der Waals surface area contributed by atoms with E-state index in [1.807, 2.05) is 19.1 Å². The molecule has 136 valence electrons. The summed E-state index contributed by atoms with van der Waals surface area (Å²) in [6.07, 6.45) is 1.66. The summed E-state index contributed by atoms with van der Waals surface area (Å²) in [6, 6.07) is 14.1. The Morgan fingerprint density at radius 1 is 1.12 bits per heavy atom. The number of amides is 2. The van der Waals surface area contributed by atoms with Gasteiger partial charge in [-0.05, 0) is 43.3 Å². The van der Waals surface area contributed by atoms with Gasteiger partial charge in [0.2, 0.25) is 5.91 Å². The number of benzene rings is 2. The third-order valence-electron chi connectivity index (χ3n) is 3.42. The van der Waals surface area contributed by atoms with Gasteiger partial charge in [0.15, 0.2) is 0 Å². The Morgan fingerprint density at radius 3 is 2.58 bits per heavy atom. The van der Waals surface area contributed by atoms with Gasteiger partial charge in [-0.3, -0.25) is 9.59 Å². The molecule has 3 N–H and O–H groups in total. The van der Waals surface area contributed by atoms with Crippen LogP contribution >= 0.6 is 0 Å². The molecule has 6 nitrogen and oxygen atoms in total. The van der Waals surface area contributed by atoms with E-state index in [1.165, 1.54) is 0 Å². The second-order valence-corrected chi connectivity index (χ2v) is 5.47. The van der Waals surface area contributed by atoms with Crippen LogP contribution in [0.1, 0.15) is 17.3 Å². The molecule has 0 unspecified atom stereocenters. The zero-order chi connectivity index (χ0) is 18.8. The minimum Gasteiger partial charge on any atom is -0.489 e. The maximum atomic E-state index is 12.1. The van der Waals surface area contributed by atoms with Crippen LogP contribution < -0.4 is 20.7 Å². The molecule has 0 bridgehead atoms. The summed E-state index contributed by atoms with van der Waals surface area (Å²) in [5.74, 6) is 0.366. The lowest BCUT2D eigenvalue weighted by atomic mass is 10.2. The Balaban J connectivity index is 1.85. The molecule has 0 saturated heterocycles. The van der Waals surface area contributed by atoms with Crippen molar-refractivity contribution in [3.8, 4) is 5.75 Å². The Bertz CT molecular complexity index is 757. The molecule has 2 rings (SSSR count). The zero-order valence-electron chi connectivity index (χ0n) is 14.7. The monoisotopic (exact) mass is 353 g/mol. The Labute approximate surface area is 153 Å². The molecule has 26 heavy (non-hydrogen) atoms. The van der Waals surface area contributed by atoms with Crippen molar-refractivity contribution in [1.29, 1.82) is 0 Å². The first-order chi connectivity index (χ1) is 12.6. The summed E-state index contributed by atoms with van der Waals surface area (Å²) >= 11 is 0. The minimum absolute atomic E-state index is 0.109. The third kappa shape index (κ3) is 5.98. The number of hydrogen-bond donors (Lipinski definition) is 3. The highest BCUT2D eigenvalue weighted by Gasteiger charge is 2.06. The number of rotatable bonds is 9. The smallest absolute Gasteiger partial charge is 0.251 e. The van der Waals surface area contributed by atoms with Gasteiger partial charge in [-0.15, -0.1) is 0 Å². The third-order valence-corrected chi connectivity index (χ3v) is 3.42. The fourth-order valence-electron chi connectivity index (χ4n) is 2.21. The maximum Gasteiger partial charge on any atom is 0.251 e. The lowest BCUT2D eigenvalue weighted by molar-refractivity contribution is -0.114. The molecule has 6 heteroatoms. The molecule has 0 aromatic heterocycles. The van der Waals surface area contributed by atoms with Crippen LogP contribution in [0.4, 0.5) is 11.4 Å². The van der Waals surface area contributed by atoms with Crippen LogP contribution in [-0.2, 0) is 4.79 Å². The van der Waals surface area contributed by atoms with Gasteiger partial charge in [-0.25, -0.2) is 0 Å². The molecule has 0 fully saturated rings. The Morgan fingerprint density at radius 2 is 1.88 bits per heavy atom. The van der Waals surface area contributed by atoms with Crippen molar-refractivity contribution < 1.29 is 14.3 Å². The largest absolute Gasteiger partial charge is 0.489 e. The number of hydrogen-bond acceptors (Lipinski definition) is 4. The summed E-state index contributed by atoms with van der Waals surface area (Å²) in [5.41, 5.74) is 2.00. The van der Waals surface area contributed by atoms with Gasteiger partial charge in [0.25, 0.3) is 5.91 Å². The molecule has 0 spiro atoms. The van der Waals surface area contributed by atoms with Crippen molar-refractivity contribution in [3.05, 3.63) is 66.7 Å². The first-order valence-corrected chi connectivity index (χ1v) is 8.38. The highest BCUT2D eigenvalue weighted by Crippen LogP contribution is 2.17. The van der Waals surface area contributed by atoms with Crippen molar-refractivity contribution in [2.24, 2.45) is 0 Å². The van der Waals surface area contributed by atoms with Crippen LogP contribution in [0.15, 0.2) is 61.2 Å². The molecule has 2 aromatic rings. The quantitative estimate of drug-likeness (QED) is 0.606. The normalized spacial score (nSPS) is 9.88. The molecular formula is C20H23N3O3. The van der Waals surface area contributed by atoms with Crippen LogP contribution in [0.25, 0.3) is 0 Å². The van der Waals surface area contributed by atoms with E-state index >= 15 is 0 Å². The van der Waals surface area contributed by atoms with Crippen molar-refractivity contribution in [3.63, 3.8) is 0 Å². The SMILES string of the molecule is C=CCOc1cccc(NC(=O)CNc2ccc(C(=O)NCC)cc2)c1. The molecular weight excluding hydrogens is 330 g/mol. The molecule has 0 heterocycles. The average Bonchev–Trinajstić information content (AvgIpc) is 2.65.